The van der Waals surface area contributed by atoms with E-state index in [4.69, 9.17) is 0 Å². The van der Waals surface area contributed by atoms with Gasteiger partial charge in [-0.3, -0.25) is 4.79 Å². The third-order valence-corrected chi connectivity index (χ3v) is 6.57. The molecule has 4 rings (SSSR count). The minimum Gasteiger partial charge on any atom is -0.354 e. The van der Waals surface area contributed by atoms with Crippen LogP contribution in [0.2, 0.25) is 0 Å². The summed E-state index contributed by atoms with van der Waals surface area (Å²) in [4.78, 5) is 23.7. The van der Waals surface area contributed by atoms with Gasteiger partial charge < -0.3 is 10.2 Å². The molecule has 0 unspecified atom stereocenters. The van der Waals surface area contributed by atoms with Gasteiger partial charge >= 0.3 is 0 Å². The van der Waals surface area contributed by atoms with Crippen LogP contribution in [0.15, 0.2) is 78.1 Å². The predicted octanol–water partition coefficient (Wildman–Crippen LogP) is 4.34. The van der Waals surface area contributed by atoms with Crippen molar-refractivity contribution in [1.29, 1.82) is 0 Å². The van der Waals surface area contributed by atoms with E-state index in [1.54, 1.807) is 12.4 Å². The van der Waals surface area contributed by atoms with Crippen molar-refractivity contribution in [3.05, 3.63) is 84.2 Å². The average molecular weight is 433 g/mol. The minimum absolute atomic E-state index is 0.00651. The molecule has 1 fully saturated rings. The summed E-state index contributed by atoms with van der Waals surface area (Å²) in [6, 6.07) is 20.7. The Morgan fingerprint density at radius 1 is 0.935 bits per heavy atom. The molecule has 0 atom stereocenters. The molecule has 1 saturated heterocycles. The van der Waals surface area contributed by atoms with E-state index in [1.807, 2.05) is 30.3 Å². The SMILES string of the molecule is O=C(CSc1nccnc1N1CCC(Cc2ccccc2)CC1)NCc1ccccc1. The Balaban J connectivity index is 1.28. The van der Waals surface area contributed by atoms with Crippen molar-refractivity contribution in [2.45, 2.75) is 30.8 Å². The summed E-state index contributed by atoms with van der Waals surface area (Å²) < 4.78 is 0. The van der Waals surface area contributed by atoms with Crippen LogP contribution in [0.1, 0.15) is 24.0 Å². The van der Waals surface area contributed by atoms with Crippen LogP contribution in [-0.4, -0.2) is 34.7 Å². The summed E-state index contributed by atoms with van der Waals surface area (Å²) in [7, 11) is 0. The number of rotatable bonds is 8. The Morgan fingerprint density at radius 3 is 2.29 bits per heavy atom. The van der Waals surface area contributed by atoms with Gasteiger partial charge in [0.15, 0.2) is 5.82 Å². The zero-order valence-electron chi connectivity index (χ0n) is 17.6. The first-order chi connectivity index (χ1) is 15.3. The molecule has 0 spiro atoms. The van der Waals surface area contributed by atoms with Gasteiger partial charge in [0.05, 0.1) is 5.75 Å². The topological polar surface area (TPSA) is 58.1 Å². The van der Waals surface area contributed by atoms with E-state index >= 15 is 0 Å². The highest BCUT2D eigenvalue weighted by Crippen LogP contribution is 2.30. The summed E-state index contributed by atoms with van der Waals surface area (Å²) in [5.41, 5.74) is 2.51. The lowest BCUT2D eigenvalue weighted by Crippen LogP contribution is -2.35. The van der Waals surface area contributed by atoms with Crippen molar-refractivity contribution in [2.75, 3.05) is 23.7 Å². The Morgan fingerprint density at radius 2 is 1.58 bits per heavy atom. The Kier molecular flexibility index (Phi) is 7.56. The number of nitrogens with zero attached hydrogens (tertiary/aromatic N) is 3. The molecule has 0 radical (unpaired) electrons. The van der Waals surface area contributed by atoms with E-state index in [-0.39, 0.29) is 5.91 Å². The van der Waals surface area contributed by atoms with E-state index in [1.165, 1.54) is 17.3 Å². The normalized spacial score (nSPS) is 14.4. The minimum atomic E-state index is 0.00651. The number of carbonyl (C=O) groups is 1. The van der Waals surface area contributed by atoms with Crippen LogP contribution in [0.4, 0.5) is 5.82 Å². The molecule has 2 aromatic carbocycles. The molecule has 6 heteroatoms. The molecule has 3 aromatic rings. The highest BCUT2D eigenvalue weighted by atomic mass is 32.2. The number of hydrogen-bond acceptors (Lipinski definition) is 5. The van der Waals surface area contributed by atoms with Gasteiger partial charge in [-0.15, -0.1) is 0 Å². The number of anilines is 1. The first-order valence-electron chi connectivity index (χ1n) is 10.8. The van der Waals surface area contributed by atoms with Crippen molar-refractivity contribution in [3.8, 4) is 0 Å². The standard InChI is InChI=1S/C25H28N4OS/c30-23(28-18-22-9-5-2-6-10-22)19-31-25-24(26-13-14-27-25)29-15-11-21(12-16-29)17-20-7-3-1-4-8-20/h1-10,13-14,21H,11-12,15-19H2,(H,28,30). The summed E-state index contributed by atoms with van der Waals surface area (Å²) in [5.74, 6) is 1.95. The summed E-state index contributed by atoms with van der Waals surface area (Å²) in [6.45, 7) is 2.50. The molecule has 2 heterocycles. The zero-order chi connectivity index (χ0) is 21.3. The number of thioether (sulfide) groups is 1. The molecule has 5 nitrogen and oxygen atoms in total. The molecule has 1 amide bonds. The summed E-state index contributed by atoms with van der Waals surface area (Å²) in [5, 5.41) is 3.81. The smallest absolute Gasteiger partial charge is 0.230 e. The first-order valence-corrected chi connectivity index (χ1v) is 11.8. The Bertz CT molecular complexity index is 960. The Labute approximate surface area is 188 Å². The Hall–Kier alpha value is -2.86. The number of amides is 1. The van der Waals surface area contributed by atoms with Gasteiger partial charge in [-0.05, 0) is 36.3 Å². The van der Waals surface area contributed by atoms with E-state index in [9.17, 15) is 4.79 Å². The van der Waals surface area contributed by atoms with Crippen LogP contribution in [-0.2, 0) is 17.8 Å². The van der Waals surface area contributed by atoms with Crippen LogP contribution >= 0.6 is 11.8 Å². The van der Waals surface area contributed by atoms with Crippen molar-refractivity contribution < 1.29 is 4.79 Å². The van der Waals surface area contributed by atoms with Crippen LogP contribution in [0, 0.1) is 5.92 Å². The lowest BCUT2D eigenvalue weighted by molar-refractivity contribution is -0.118. The van der Waals surface area contributed by atoms with Crippen molar-refractivity contribution in [2.24, 2.45) is 5.92 Å². The van der Waals surface area contributed by atoms with Crippen molar-refractivity contribution in [1.82, 2.24) is 15.3 Å². The number of benzene rings is 2. The first kappa shape index (κ1) is 21.4. The number of piperidine rings is 1. The molecule has 0 aliphatic carbocycles. The van der Waals surface area contributed by atoms with Crippen LogP contribution in [0.3, 0.4) is 0 Å². The van der Waals surface area contributed by atoms with E-state index in [2.05, 4.69) is 50.5 Å². The van der Waals surface area contributed by atoms with Gasteiger partial charge in [0, 0.05) is 32.0 Å². The monoisotopic (exact) mass is 432 g/mol. The zero-order valence-corrected chi connectivity index (χ0v) is 18.4. The highest BCUT2D eigenvalue weighted by molar-refractivity contribution is 8.00. The fourth-order valence-electron chi connectivity index (χ4n) is 3.91. The molecule has 1 N–H and O–H groups in total. The molecular weight excluding hydrogens is 404 g/mol. The molecule has 0 saturated carbocycles. The second-order valence-electron chi connectivity index (χ2n) is 7.86. The van der Waals surface area contributed by atoms with Crippen LogP contribution in [0.25, 0.3) is 0 Å². The molecule has 0 bridgehead atoms. The average Bonchev–Trinajstić information content (AvgIpc) is 2.83. The third kappa shape index (κ3) is 6.31. The number of hydrogen-bond donors (Lipinski definition) is 1. The molecular formula is C25H28N4OS. The number of carbonyl (C=O) groups excluding carboxylic acids is 1. The van der Waals surface area contributed by atoms with E-state index in [0.717, 1.165) is 48.8 Å². The van der Waals surface area contributed by atoms with E-state index in [0.29, 0.717) is 18.2 Å². The highest BCUT2D eigenvalue weighted by Gasteiger charge is 2.23. The summed E-state index contributed by atoms with van der Waals surface area (Å²) in [6.07, 6.45) is 6.87. The van der Waals surface area contributed by atoms with Gasteiger partial charge in [-0.25, -0.2) is 9.97 Å². The third-order valence-electron chi connectivity index (χ3n) is 5.60. The number of aromatic nitrogens is 2. The second-order valence-corrected chi connectivity index (χ2v) is 8.82. The molecule has 31 heavy (non-hydrogen) atoms. The molecule has 160 valence electrons. The van der Waals surface area contributed by atoms with Gasteiger partial charge in [0.2, 0.25) is 5.91 Å². The number of nitrogens with one attached hydrogen (secondary N) is 1. The maximum Gasteiger partial charge on any atom is 0.230 e. The predicted molar refractivity (Wildman–Crippen MR) is 126 cm³/mol. The quantitative estimate of drug-likeness (QED) is 0.537. The van der Waals surface area contributed by atoms with Crippen molar-refractivity contribution in [3.63, 3.8) is 0 Å². The van der Waals surface area contributed by atoms with Crippen molar-refractivity contribution >= 4 is 23.5 Å². The lowest BCUT2D eigenvalue weighted by Gasteiger charge is -2.33. The van der Waals surface area contributed by atoms with Crippen LogP contribution < -0.4 is 10.2 Å². The summed E-state index contributed by atoms with van der Waals surface area (Å²) >= 11 is 1.46. The maximum absolute atomic E-state index is 12.3. The lowest BCUT2D eigenvalue weighted by atomic mass is 9.90. The van der Waals surface area contributed by atoms with Gasteiger partial charge in [0.1, 0.15) is 5.03 Å². The largest absolute Gasteiger partial charge is 0.354 e. The molecule has 1 aliphatic heterocycles. The molecule has 1 aromatic heterocycles. The fourth-order valence-corrected chi connectivity index (χ4v) is 4.73. The van der Waals surface area contributed by atoms with Gasteiger partial charge in [-0.2, -0.15) is 0 Å². The van der Waals surface area contributed by atoms with Crippen LogP contribution in [0.5, 0.6) is 0 Å². The van der Waals surface area contributed by atoms with Gasteiger partial charge in [0.25, 0.3) is 0 Å². The van der Waals surface area contributed by atoms with E-state index < -0.39 is 0 Å². The van der Waals surface area contributed by atoms with Gasteiger partial charge in [-0.1, -0.05) is 72.4 Å². The fraction of sp³-hybridized carbons (Fsp3) is 0.320. The maximum atomic E-state index is 12.3. The second kappa shape index (κ2) is 11.0. The molecule has 1 aliphatic rings.